The van der Waals surface area contributed by atoms with Crippen molar-refractivity contribution >= 4 is 41.0 Å². The summed E-state index contributed by atoms with van der Waals surface area (Å²) in [5.74, 6) is 0.177. The van der Waals surface area contributed by atoms with Gasteiger partial charge in [0.1, 0.15) is 18.1 Å². The van der Waals surface area contributed by atoms with E-state index in [0.717, 1.165) is 32.7 Å². The third kappa shape index (κ3) is 4.11. The number of carboxylic acids is 1. The normalized spacial score (nSPS) is 10.4. The van der Waals surface area contributed by atoms with Crippen LogP contribution in [0.3, 0.4) is 0 Å². The van der Waals surface area contributed by atoms with E-state index in [1.165, 1.54) is 0 Å². The average Bonchev–Trinajstić information content (AvgIpc) is 2.75. The van der Waals surface area contributed by atoms with Gasteiger partial charge in [-0.25, -0.2) is 4.79 Å². The lowest BCUT2D eigenvalue weighted by molar-refractivity contribution is -0.139. The number of ether oxygens (including phenoxy) is 2. The van der Waals surface area contributed by atoms with E-state index < -0.39 is 12.6 Å². The molecule has 0 aliphatic rings. The van der Waals surface area contributed by atoms with E-state index in [-0.39, 0.29) is 13.5 Å². The predicted molar refractivity (Wildman–Crippen MR) is 126 cm³/mol. The minimum absolute atomic E-state index is 0. The number of rotatable bonds is 7. The second kappa shape index (κ2) is 9.37. The van der Waals surface area contributed by atoms with Gasteiger partial charge < -0.3 is 14.6 Å². The molecule has 0 unspecified atom stereocenters. The molecule has 0 atom stereocenters. The monoisotopic (exact) mass is 418 g/mol. The molecule has 0 aliphatic heterocycles. The first kappa shape index (κ1) is 21.3. The van der Waals surface area contributed by atoms with Gasteiger partial charge in [0.25, 0.3) is 0 Å². The van der Waals surface area contributed by atoms with Crippen LogP contribution in [0, 0.1) is 0 Å². The number of aliphatic carboxylic acids is 1. The van der Waals surface area contributed by atoms with Crippen molar-refractivity contribution in [3.63, 3.8) is 0 Å². The van der Waals surface area contributed by atoms with Crippen LogP contribution in [0.2, 0.25) is 0 Å². The number of benzene rings is 4. The minimum Gasteiger partial charge on any atom is -0.489 e. The first-order chi connectivity index (χ1) is 14.2. The maximum absolute atomic E-state index is 11.1. The maximum atomic E-state index is 11.1. The van der Waals surface area contributed by atoms with Gasteiger partial charge in [0.2, 0.25) is 0 Å². The highest BCUT2D eigenvalue weighted by Crippen LogP contribution is 2.45. The van der Waals surface area contributed by atoms with E-state index in [0.29, 0.717) is 18.1 Å². The molecule has 1 N–H and O–H groups in total. The summed E-state index contributed by atoms with van der Waals surface area (Å²) in [6.07, 6.45) is 1.70. The summed E-state index contributed by atoms with van der Waals surface area (Å²) in [5.41, 5.74) is 1.70. The molecular formula is C25H22O4S. The van der Waals surface area contributed by atoms with Crippen molar-refractivity contribution in [1.82, 2.24) is 0 Å². The van der Waals surface area contributed by atoms with Gasteiger partial charge in [-0.15, -0.1) is 0 Å². The minimum atomic E-state index is -1.02. The Bertz CT molecular complexity index is 1220. The number of carbonyl (C=O) groups is 1. The number of hydrogen-bond donors (Lipinski definition) is 1. The van der Waals surface area contributed by atoms with Crippen LogP contribution in [0.25, 0.3) is 32.7 Å². The van der Waals surface area contributed by atoms with Crippen LogP contribution in [-0.2, 0) is 4.79 Å². The first-order valence-electron chi connectivity index (χ1n) is 9.31. The van der Waals surface area contributed by atoms with Crippen LogP contribution in [0.4, 0.5) is 0 Å². The lowest BCUT2D eigenvalue weighted by Gasteiger charge is -2.19. The van der Waals surface area contributed by atoms with Gasteiger partial charge in [-0.1, -0.05) is 73.3 Å². The van der Waals surface area contributed by atoms with Crippen molar-refractivity contribution in [3.05, 3.63) is 85.5 Å². The van der Waals surface area contributed by atoms with Gasteiger partial charge in [0.05, 0.1) is 0 Å². The Hall–Kier alpha value is -3.44. The molecule has 0 saturated carbocycles. The molecule has 0 fully saturated rings. The Morgan fingerprint density at radius 1 is 0.800 bits per heavy atom. The standard InChI is InChI=1S/C25H20O4.H2S/c1-2-15-28-21-13-11-17-7-3-5-9-19(17)24(21)25-20-10-6-4-8-18(20)12-14-22(25)29-16-23(26)27;/h2-14H,1,15-16H2,(H,26,27);1H2. The summed E-state index contributed by atoms with van der Waals surface area (Å²) >= 11 is 0. The summed E-state index contributed by atoms with van der Waals surface area (Å²) in [4.78, 5) is 11.1. The van der Waals surface area contributed by atoms with Crippen LogP contribution < -0.4 is 9.47 Å². The zero-order valence-corrected chi connectivity index (χ0v) is 17.3. The summed E-state index contributed by atoms with van der Waals surface area (Å²) in [5, 5.41) is 13.2. The highest BCUT2D eigenvalue weighted by Gasteiger charge is 2.19. The first-order valence-corrected chi connectivity index (χ1v) is 9.31. The molecule has 4 aromatic rings. The predicted octanol–water partition coefficient (Wildman–Crippen LogP) is 5.80. The second-order valence-corrected chi connectivity index (χ2v) is 6.60. The molecule has 0 saturated heterocycles. The largest absolute Gasteiger partial charge is 0.489 e. The smallest absolute Gasteiger partial charge is 0.341 e. The number of hydrogen-bond acceptors (Lipinski definition) is 3. The van der Waals surface area contributed by atoms with Gasteiger partial charge in [-0.2, -0.15) is 13.5 Å². The van der Waals surface area contributed by atoms with E-state index in [2.05, 4.69) is 6.58 Å². The fourth-order valence-electron chi connectivity index (χ4n) is 3.55. The van der Waals surface area contributed by atoms with Crippen LogP contribution in [0.1, 0.15) is 0 Å². The molecule has 0 radical (unpaired) electrons. The Kier molecular flexibility index (Phi) is 6.65. The van der Waals surface area contributed by atoms with E-state index >= 15 is 0 Å². The maximum Gasteiger partial charge on any atom is 0.341 e. The fraction of sp³-hybridized carbons (Fsp3) is 0.0800. The molecule has 0 bridgehead atoms. The average molecular weight is 419 g/mol. The van der Waals surface area contributed by atoms with Gasteiger partial charge in [-0.05, 0) is 33.7 Å². The molecule has 4 rings (SSSR count). The van der Waals surface area contributed by atoms with Crippen LogP contribution in [-0.4, -0.2) is 24.3 Å². The van der Waals surface area contributed by atoms with Crippen molar-refractivity contribution in [2.75, 3.05) is 13.2 Å². The Morgan fingerprint density at radius 3 is 1.80 bits per heavy atom. The third-order valence-corrected chi connectivity index (χ3v) is 4.74. The SMILES string of the molecule is C=CCOc1ccc2ccccc2c1-c1c(OCC(=O)O)ccc2ccccc12.S. The summed E-state index contributed by atoms with van der Waals surface area (Å²) in [7, 11) is 0. The molecule has 0 spiro atoms. The quantitative estimate of drug-likeness (QED) is 0.385. The van der Waals surface area contributed by atoms with E-state index in [1.54, 1.807) is 6.08 Å². The van der Waals surface area contributed by atoms with Gasteiger partial charge in [0.15, 0.2) is 6.61 Å². The molecule has 0 heterocycles. The molecule has 4 nitrogen and oxygen atoms in total. The molecule has 0 aromatic heterocycles. The zero-order valence-electron chi connectivity index (χ0n) is 16.3. The highest BCUT2D eigenvalue weighted by atomic mass is 32.1. The lowest BCUT2D eigenvalue weighted by Crippen LogP contribution is -2.10. The van der Waals surface area contributed by atoms with Crippen LogP contribution >= 0.6 is 13.5 Å². The van der Waals surface area contributed by atoms with Crippen molar-refractivity contribution < 1.29 is 19.4 Å². The van der Waals surface area contributed by atoms with E-state index in [1.807, 2.05) is 72.8 Å². The van der Waals surface area contributed by atoms with E-state index in [9.17, 15) is 4.79 Å². The topological polar surface area (TPSA) is 55.8 Å². The fourth-order valence-corrected chi connectivity index (χ4v) is 3.55. The van der Waals surface area contributed by atoms with Crippen molar-refractivity contribution in [2.24, 2.45) is 0 Å². The molecule has 5 heteroatoms. The highest BCUT2D eigenvalue weighted by molar-refractivity contribution is 7.59. The van der Waals surface area contributed by atoms with Gasteiger partial charge in [0, 0.05) is 11.1 Å². The van der Waals surface area contributed by atoms with Crippen molar-refractivity contribution in [1.29, 1.82) is 0 Å². The van der Waals surface area contributed by atoms with Crippen molar-refractivity contribution in [2.45, 2.75) is 0 Å². The Morgan fingerprint density at radius 2 is 1.30 bits per heavy atom. The van der Waals surface area contributed by atoms with Crippen LogP contribution in [0.5, 0.6) is 11.5 Å². The molecule has 0 amide bonds. The van der Waals surface area contributed by atoms with Crippen molar-refractivity contribution in [3.8, 4) is 22.6 Å². The molecule has 30 heavy (non-hydrogen) atoms. The van der Waals surface area contributed by atoms with E-state index in [4.69, 9.17) is 14.6 Å². The molecule has 0 aliphatic carbocycles. The lowest BCUT2D eigenvalue weighted by atomic mass is 9.92. The third-order valence-electron chi connectivity index (χ3n) is 4.74. The molecule has 4 aromatic carbocycles. The number of carboxylic acid groups (broad SMARTS) is 1. The van der Waals surface area contributed by atoms with Crippen LogP contribution in [0.15, 0.2) is 85.5 Å². The zero-order chi connectivity index (χ0) is 20.2. The van der Waals surface area contributed by atoms with Gasteiger partial charge in [-0.3, -0.25) is 0 Å². The molecular weight excluding hydrogens is 396 g/mol. The number of fused-ring (bicyclic) bond motifs is 2. The van der Waals surface area contributed by atoms with Gasteiger partial charge >= 0.3 is 5.97 Å². The Labute approximate surface area is 181 Å². The summed E-state index contributed by atoms with van der Waals surface area (Å²) in [6, 6.07) is 23.7. The second-order valence-electron chi connectivity index (χ2n) is 6.60. The Balaban J connectivity index is 0.00000256. The molecule has 152 valence electrons. The summed E-state index contributed by atoms with van der Waals surface area (Å²) < 4.78 is 11.7. The summed E-state index contributed by atoms with van der Waals surface area (Å²) in [6.45, 7) is 3.69.